The number of benzene rings is 1. The van der Waals surface area contributed by atoms with Gasteiger partial charge in [-0.25, -0.2) is 9.78 Å². The molecule has 2 aromatic rings. The molecule has 7 nitrogen and oxygen atoms in total. The summed E-state index contributed by atoms with van der Waals surface area (Å²) in [6.45, 7) is 5.06. The number of aromatic nitrogens is 1. The largest absolute Gasteiger partial charge is 0.474 e. The molecule has 3 amide bonds. The van der Waals surface area contributed by atoms with Gasteiger partial charge in [-0.15, -0.1) is 0 Å². The van der Waals surface area contributed by atoms with Crippen LogP contribution in [-0.4, -0.2) is 41.0 Å². The van der Waals surface area contributed by atoms with Crippen molar-refractivity contribution in [3.63, 3.8) is 0 Å². The van der Waals surface area contributed by atoms with E-state index < -0.39 is 0 Å². The van der Waals surface area contributed by atoms with Gasteiger partial charge in [0.15, 0.2) is 0 Å². The molecule has 148 valence electrons. The number of piperidine rings is 1. The number of likely N-dealkylation sites (tertiary alicyclic amines) is 1. The highest BCUT2D eigenvalue weighted by Crippen LogP contribution is 2.20. The Morgan fingerprint density at radius 2 is 1.93 bits per heavy atom. The molecule has 0 spiro atoms. The van der Waals surface area contributed by atoms with Crippen LogP contribution in [-0.2, 0) is 4.79 Å². The molecular formula is C21H26N4O3. The molecule has 0 unspecified atom stereocenters. The number of nitrogens with one attached hydrogen (secondary N) is 2. The first-order chi connectivity index (χ1) is 13.5. The molecule has 1 aromatic carbocycles. The molecule has 2 heterocycles. The maximum absolute atomic E-state index is 12.4. The lowest BCUT2D eigenvalue weighted by Crippen LogP contribution is -2.43. The van der Waals surface area contributed by atoms with Crippen LogP contribution in [0.15, 0.2) is 42.6 Å². The number of urea groups is 1. The fourth-order valence-electron chi connectivity index (χ4n) is 3.05. The Kier molecular flexibility index (Phi) is 6.47. The Morgan fingerprint density at radius 3 is 2.57 bits per heavy atom. The van der Waals surface area contributed by atoms with Gasteiger partial charge in [0.2, 0.25) is 11.8 Å². The lowest BCUT2D eigenvalue weighted by Gasteiger charge is -2.32. The van der Waals surface area contributed by atoms with E-state index in [1.54, 1.807) is 30.2 Å². The first-order valence-electron chi connectivity index (χ1n) is 9.58. The topological polar surface area (TPSA) is 83.6 Å². The van der Waals surface area contributed by atoms with Gasteiger partial charge in [0, 0.05) is 44.1 Å². The van der Waals surface area contributed by atoms with Crippen molar-refractivity contribution in [2.75, 3.05) is 23.7 Å². The van der Waals surface area contributed by atoms with Gasteiger partial charge in [-0.1, -0.05) is 19.1 Å². The van der Waals surface area contributed by atoms with Crippen LogP contribution in [0.3, 0.4) is 0 Å². The predicted molar refractivity (Wildman–Crippen MR) is 109 cm³/mol. The van der Waals surface area contributed by atoms with Crippen molar-refractivity contribution in [2.24, 2.45) is 0 Å². The lowest BCUT2D eigenvalue weighted by atomic mass is 10.1. The number of ether oxygens (including phenoxy) is 1. The van der Waals surface area contributed by atoms with E-state index in [4.69, 9.17) is 4.74 Å². The Hall–Kier alpha value is -3.09. The molecule has 0 radical (unpaired) electrons. The van der Waals surface area contributed by atoms with Crippen molar-refractivity contribution < 1.29 is 14.3 Å². The van der Waals surface area contributed by atoms with Crippen LogP contribution in [0.5, 0.6) is 5.88 Å². The third kappa shape index (κ3) is 5.45. The molecule has 0 bridgehead atoms. The number of anilines is 2. The molecule has 2 N–H and O–H groups in total. The molecule has 0 aliphatic carbocycles. The predicted octanol–water partition coefficient (Wildman–Crippen LogP) is 3.81. The van der Waals surface area contributed by atoms with Crippen molar-refractivity contribution in [1.29, 1.82) is 0 Å². The minimum Gasteiger partial charge on any atom is -0.474 e. The highest BCUT2D eigenvalue weighted by Gasteiger charge is 2.24. The lowest BCUT2D eigenvalue weighted by molar-refractivity contribution is -0.115. The van der Waals surface area contributed by atoms with E-state index in [0.717, 1.165) is 24.1 Å². The van der Waals surface area contributed by atoms with Gasteiger partial charge in [-0.2, -0.15) is 0 Å². The smallest absolute Gasteiger partial charge is 0.321 e. The summed E-state index contributed by atoms with van der Waals surface area (Å²) in [6, 6.07) is 11.2. The second-order valence-corrected chi connectivity index (χ2v) is 6.89. The first kappa shape index (κ1) is 19.7. The summed E-state index contributed by atoms with van der Waals surface area (Å²) in [7, 11) is 0. The SMILES string of the molecule is CCC(=O)Nc1ccc(OC2CCN(C(=O)Nc3cccc(C)c3)CC2)nc1. The standard InChI is InChI=1S/C21H26N4O3/c1-3-19(26)23-17-7-8-20(22-14-17)28-18-9-11-25(12-10-18)21(27)24-16-6-4-5-15(2)13-16/h4-8,13-14,18H,3,9-12H2,1-2H3,(H,23,26)(H,24,27). The molecule has 1 aliphatic rings. The highest BCUT2D eigenvalue weighted by molar-refractivity contribution is 5.90. The van der Waals surface area contributed by atoms with E-state index in [9.17, 15) is 9.59 Å². The molecule has 1 fully saturated rings. The van der Waals surface area contributed by atoms with Crippen molar-refractivity contribution in [2.45, 2.75) is 39.2 Å². The van der Waals surface area contributed by atoms with E-state index in [1.807, 2.05) is 31.2 Å². The third-order valence-corrected chi connectivity index (χ3v) is 4.63. The maximum Gasteiger partial charge on any atom is 0.321 e. The van der Waals surface area contributed by atoms with Crippen LogP contribution < -0.4 is 15.4 Å². The second-order valence-electron chi connectivity index (χ2n) is 6.89. The molecule has 1 saturated heterocycles. The van der Waals surface area contributed by atoms with Crippen molar-refractivity contribution in [3.05, 3.63) is 48.2 Å². The van der Waals surface area contributed by atoms with E-state index in [0.29, 0.717) is 31.1 Å². The zero-order chi connectivity index (χ0) is 19.9. The molecule has 28 heavy (non-hydrogen) atoms. The van der Waals surface area contributed by atoms with E-state index >= 15 is 0 Å². The summed E-state index contributed by atoms with van der Waals surface area (Å²) in [6.07, 6.45) is 3.53. The van der Waals surface area contributed by atoms with Gasteiger partial charge in [-0.3, -0.25) is 4.79 Å². The monoisotopic (exact) mass is 382 g/mol. The summed E-state index contributed by atoms with van der Waals surface area (Å²) in [5.41, 5.74) is 2.57. The number of aryl methyl sites for hydroxylation is 1. The molecular weight excluding hydrogens is 356 g/mol. The molecule has 0 saturated carbocycles. The average molecular weight is 382 g/mol. The van der Waals surface area contributed by atoms with Gasteiger partial charge < -0.3 is 20.3 Å². The van der Waals surface area contributed by atoms with Gasteiger partial charge in [-0.05, 0) is 30.7 Å². The van der Waals surface area contributed by atoms with Crippen molar-refractivity contribution >= 4 is 23.3 Å². The summed E-state index contributed by atoms with van der Waals surface area (Å²) < 4.78 is 5.92. The number of carbonyl (C=O) groups excluding carboxylic acids is 2. The first-order valence-corrected chi connectivity index (χ1v) is 9.58. The number of nitrogens with zero attached hydrogens (tertiary/aromatic N) is 2. The fraction of sp³-hybridized carbons (Fsp3) is 0.381. The summed E-state index contributed by atoms with van der Waals surface area (Å²) >= 11 is 0. The zero-order valence-electron chi connectivity index (χ0n) is 16.3. The number of hydrogen-bond donors (Lipinski definition) is 2. The van der Waals surface area contributed by atoms with E-state index in [2.05, 4.69) is 15.6 Å². The number of carbonyl (C=O) groups is 2. The van der Waals surface area contributed by atoms with Crippen LogP contribution >= 0.6 is 0 Å². The highest BCUT2D eigenvalue weighted by atomic mass is 16.5. The average Bonchev–Trinajstić information content (AvgIpc) is 2.70. The third-order valence-electron chi connectivity index (χ3n) is 4.63. The van der Waals surface area contributed by atoms with Gasteiger partial charge in [0.1, 0.15) is 6.10 Å². The fourth-order valence-corrected chi connectivity index (χ4v) is 3.05. The zero-order valence-corrected chi connectivity index (χ0v) is 16.3. The number of amides is 3. The van der Waals surface area contributed by atoms with Crippen LogP contribution in [0.4, 0.5) is 16.2 Å². The minimum atomic E-state index is -0.0850. The van der Waals surface area contributed by atoms with Crippen LogP contribution in [0.1, 0.15) is 31.7 Å². The molecule has 7 heteroatoms. The normalized spacial score (nSPS) is 14.4. The maximum atomic E-state index is 12.4. The number of hydrogen-bond acceptors (Lipinski definition) is 4. The Morgan fingerprint density at radius 1 is 1.14 bits per heavy atom. The molecule has 1 aromatic heterocycles. The summed E-state index contributed by atoms with van der Waals surface area (Å²) in [5.74, 6) is 0.476. The van der Waals surface area contributed by atoms with Crippen molar-refractivity contribution in [1.82, 2.24) is 9.88 Å². The quantitative estimate of drug-likeness (QED) is 0.824. The van der Waals surface area contributed by atoms with Crippen LogP contribution in [0.2, 0.25) is 0 Å². The molecule has 1 aliphatic heterocycles. The number of pyridine rings is 1. The minimum absolute atomic E-state index is 0.0200. The van der Waals surface area contributed by atoms with E-state index in [1.165, 1.54) is 0 Å². The van der Waals surface area contributed by atoms with Crippen LogP contribution in [0.25, 0.3) is 0 Å². The van der Waals surface area contributed by atoms with Gasteiger partial charge in [0.05, 0.1) is 11.9 Å². The second kappa shape index (κ2) is 9.21. The molecule has 0 atom stereocenters. The van der Waals surface area contributed by atoms with Gasteiger partial charge >= 0.3 is 6.03 Å². The van der Waals surface area contributed by atoms with E-state index in [-0.39, 0.29) is 18.0 Å². The van der Waals surface area contributed by atoms with Crippen LogP contribution in [0, 0.1) is 6.92 Å². The summed E-state index contributed by atoms with van der Waals surface area (Å²) in [5, 5.41) is 5.70. The number of rotatable bonds is 5. The Bertz CT molecular complexity index is 815. The Labute approximate surface area is 165 Å². The molecule has 3 rings (SSSR count). The van der Waals surface area contributed by atoms with Crippen molar-refractivity contribution in [3.8, 4) is 5.88 Å². The summed E-state index contributed by atoms with van der Waals surface area (Å²) in [4.78, 5) is 29.9. The Balaban J connectivity index is 1.46. The van der Waals surface area contributed by atoms with Gasteiger partial charge in [0.25, 0.3) is 0 Å².